The quantitative estimate of drug-likeness (QED) is 0.825. The maximum atomic E-state index is 12.8. The zero-order valence-electron chi connectivity index (χ0n) is 13.5. The van der Waals surface area contributed by atoms with Gasteiger partial charge in [0, 0.05) is 19.8 Å². The van der Waals surface area contributed by atoms with Crippen LogP contribution in [0.3, 0.4) is 0 Å². The molecule has 0 fully saturated rings. The molecule has 0 heterocycles. The smallest absolute Gasteiger partial charge is 0.261 e. The third-order valence-electron chi connectivity index (χ3n) is 3.84. The Morgan fingerprint density at radius 1 is 1.09 bits per heavy atom. The number of carbonyl (C=O) groups is 1. The molecule has 23 heavy (non-hydrogen) atoms. The van der Waals surface area contributed by atoms with Crippen LogP contribution in [0.15, 0.2) is 60.7 Å². The van der Waals surface area contributed by atoms with E-state index in [0.29, 0.717) is 24.2 Å². The first-order valence-electron chi connectivity index (χ1n) is 7.72. The molecule has 0 spiro atoms. The van der Waals surface area contributed by atoms with Gasteiger partial charge in [-0.1, -0.05) is 60.7 Å². The first-order chi connectivity index (χ1) is 11.1. The SMILES string of the molecule is COCCC(C)NC(=O)C(O)(c1ccccc1)c1ccccc1. The summed E-state index contributed by atoms with van der Waals surface area (Å²) in [7, 11) is 1.62. The first kappa shape index (κ1) is 17.2. The molecule has 4 nitrogen and oxygen atoms in total. The fraction of sp³-hybridized carbons (Fsp3) is 0.316. The van der Waals surface area contributed by atoms with Crippen LogP contribution in [-0.4, -0.2) is 30.8 Å². The summed E-state index contributed by atoms with van der Waals surface area (Å²) in [6.45, 7) is 2.45. The molecule has 0 aliphatic rings. The van der Waals surface area contributed by atoms with E-state index in [1.54, 1.807) is 31.4 Å². The van der Waals surface area contributed by atoms with Gasteiger partial charge in [-0.2, -0.15) is 0 Å². The lowest BCUT2D eigenvalue weighted by atomic mass is 9.85. The molecule has 0 aromatic heterocycles. The molecule has 0 saturated heterocycles. The molecule has 0 aliphatic heterocycles. The van der Waals surface area contributed by atoms with Crippen LogP contribution in [-0.2, 0) is 15.1 Å². The highest BCUT2D eigenvalue weighted by Crippen LogP contribution is 2.30. The van der Waals surface area contributed by atoms with Gasteiger partial charge in [0.15, 0.2) is 5.60 Å². The van der Waals surface area contributed by atoms with Crippen molar-refractivity contribution >= 4 is 5.91 Å². The Kier molecular flexibility index (Phi) is 5.90. The van der Waals surface area contributed by atoms with E-state index in [0.717, 1.165) is 0 Å². The Balaban J connectivity index is 2.33. The van der Waals surface area contributed by atoms with Crippen LogP contribution in [0.4, 0.5) is 0 Å². The highest BCUT2D eigenvalue weighted by molar-refractivity contribution is 5.90. The van der Waals surface area contributed by atoms with Crippen molar-refractivity contribution in [2.75, 3.05) is 13.7 Å². The van der Waals surface area contributed by atoms with E-state index in [1.807, 2.05) is 43.3 Å². The monoisotopic (exact) mass is 313 g/mol. The number of rotatable bonds is 7. The van der Waals surface area contributed by atoms with E-state index < -0.39 is 11.5 Å². The number of benzene rings is 2. The van der Waals surface area contributed by atoms with Crippen molar-refractivity contribution in [3.05, 3.63) is 71.8 Å². The average molecular weight is 313 g/mol. The molecule has 2 aromatic rings. The van der Waals surface area contributed by atoms with E-state index in [9.17, 15) is 9.90 Å². The second kappa shape index (κ2) is 7.90. The maximum Gasteiger partial charge on any atom is 0.261 e. The van der Waals surface area contributed by atoms with Gasteiger partial charge in [-0.05, 0) is 24.5 Å². The molecule has 122 valence electrons. The van der Waals surface area contributed by atoms with Crippen molar-refractivity contribution < 1.29 is 14.6 Å². The Morgan fingerprint density at radius 2 is 1.57 bits per heavy atom. The fourth-order valence-electron chi connectivity index (χ4n) is 2.48. The van der Waals surface area contributed by atoms with Gasteiger partial charge < -0.3 is 15.2 Å². The zero-order valence-corrected chi connectivity index (χ0v) is 13.5. The van der Waals surface area contributed by atoms with Gasteiger partial charge in [-0.3, -0.25) is 4.79 Å². The Bertz CT molecular complexity index is 574. The van der Waals surface area contributed by atoms with Crippen molar-refractivity contribution in [3.63, 3.8) is 0 Å². The van der Waals surface area contributed by atoms with Crippen LogP contribution in [0.2, 0.25) is 0 Å². The van der Waals surface area contributed by atoms with Crippen molar-refractivity contribution in [2.45, 2.75) is 25.0 Å². The van der Waals surface area contributed by atoms with Gasteiger partial charge in [0.05, 0.1) is 0 Å². The third-order valence-corrected chi connectivity index (χ3v) is 3.84. The third kappa shape index (κ3) is 3.97. The van der Waals surface area contributed by atoms with Gasteiger partial charge in [-0.25, -0.2) is 0 Å². The standard InChI is InChI=1S/C19H23NO3/c1-15(13-14-23-2)20-18(21)19(22,16-9-5-3-6-10-16)17-11-7-4-8-12-17/h3-12,15,22H,13-14H2,1-2H3,(H,20,21). The number of nitrogens with one attached hydrogen (secondary N) is 1. The highest BCUT2D eigenvalue weighted by atomic mass is 16.5. The summed E-state index contributed by atoms with van der Waals surface area (Å²) in [4.78, 5) is 12.8. The molecule has 0 aliphatic carbocycles. The predicted octanol–water partition coefficient (Wildman–Crippen LogP) is 2.46. The lowest BCUT2D eigenvalue weighted by Crippen LogP contribution is -2.48. The van der Waals surface area contributed by atoms with Crippen LogP contribution in [0, 0.1) is 0 Å². The van der Waals surface area contributed by atoms with Crippen molar-refractivity contribution in [1.29, 1.82) is 0 Å². The maximum absolute atomic E-state index is 12.8. The van der Waals surface area contributed by atoms with Crippen LogP contribution in [0.25, 0.3) is 0 Å². The number of hydrogen-bond donors (Lipinski definition) is 2. The second-order valence-electron chi connectivity index (χ2n) is 5.60. The lowest BCUT2D eigenvalue weighted by Gasteiger charge is -2.29. The number of methoxy groups -OCH3 is 1. The number of amides is 1. The minimum atomic E-state index is -1.72. The molecule has 1 atom stereocenters. The topological polar surface area (TPSA) is 58.6 Å². The number of aliphatic hydroxyl groups is 1. The van der Waals surface area contributed by atoms with Crippen LogP contribution in [0.5, 0.6) is 0 Å². The van der Waals surface area contributed by atoms with Crippen LogP contribution < -0.4 is 5.32 Å². The Hall–Kier alpha value is -2.17. The minimum absolute atomic E-state index is 0.0959. The number of carbonyl (C=O) groups excluding carboxylic acids is 1. The van der Waals surface area contributed by atoms with E-state index in [1.165, 1.54) is 0 Å². The first-order valence-corrected chi connectivity index (χ1v) is 7.72. The van der Waals surface area contributed by atoms with Gasteiger partial charge >= 0.3 is 0 Å². The molecule has 2 N–H and O–H groups in total. The van der Waals surface area contributed by atoms with E-state index in [4.69, 9.17) is 4.74 Å². The summed E-state index contributed by atoms with van der Waals surface area (Å²) < 4.78 is 5.04. The molecule has 2 rings (SSSR count). The van der Waals surface area contributed by atoms with Crippen LogP contribution in [0.1, 0.15) is 24.5 Å². The van der Waals surface area contributed by atoms with Gasteiger partial charge in [0.2, 0.25) is 0 Å². The van der Waals surface area contributed by atoms with E-state index in [-0.39, 0.29) is 6.04 Å². The summed E-state index contributed by atoms with van der Waals surface area (Å²) in [6.07, 6.45) is 0.682. The van der Waals surface area contributed by atoms with Gasteiger partial charge in [0.1, 0.15) is 0 Å². The van der Waals surface area contributed by atoms with E-state index >= 15 is 0 Å². The van der Waals surface area contributed by atoms with Gasteiger partial charge in [-0.15, -0.1) is 0 Å². The van der Waals surface area contributed by atoms with Crippen molar-refractivity contribution in [2.24, 2.45) is 0 Å². The molecule has 0 radical (unpaired) electrons. The van der Waals surface area contributed by atoms with Crippen molar-refractivity contribution in [1.82, 2.24) is 5.32 Å². The second-order valence-corrected chi connectivity index (χ2v) is 5.60. The number of ether oxygens (including phenoxy) is 1. The normalized spacial score (nSPS) is 12.7. The van der Waals surface area contributed by atoms with E-state index in [2.05, 4.69) is 5.32 Å². The summed E-state index contributed by atoms with van der Waals surface area (Å²) in [5, 5.41) is 14.1. The summed E-state index contributed by atoms with van der Waals surface area (Å²) in [5.74, 6) is -0.432. The Morgan fingerprint density at radius 3 is 2.00 bits per heavy atom. The highest BCUT2D eigenvalue weighted by Gasteiger charge is 2.40. The minimum Gasteiger partial charge on any atom is -0.385 e. The lowest BCUT2D eigenvalue weighted by molar-refractivity contribution is -0.137. The summed E-state index contributed by atoms with van der Waals surface area (Å²) >= 11 is 0. The molecule has 4 heteroatoms. The molecule has 1 unspecified atom stereocenters. The Labute approximate surface area is 137 Å². The molecule has 1 amide bonds. The van der Waals surface area contributed by atoms with Crippen molar-refractivity contribution in [3.8, 4) is 0 Å². The molecular formula is C19H23NO3. The molecule has 2 aromatic carbocycles. The largest absolute Gasteiger partial charge is 0.385 e. The zero-order chi connectivity index (χ0) is 16.7. The molecular weight excluding hydrogens is 290 g/mol. The fourth-order valence-corrected chi connectivity index (χ4v) is 2.48. The molecule has 0 bridgehead atoms. The predicted molar refractivity (Wildman–Crippen MR) is 90.0 cm³/mol. The van der Waals surface area contributed by atoms with Gasteiger partial charge in [0.25, 0.3) is 5.91 Å². The number of hydrogen-bond acceptors (Lipinski definition) is 3. The summed E-state index contributed by atoms with van der Waals surface area (Å²) in [6, 6.07) is 17.9. The van der Waals surface area contributed by atoms with Crippen LogP contribution >= 0.6 is 0 Å². The average Bonchev–Trinajstić information content (AvgIpc) is 2.60. The molecule has 0 saturated carbocycles. The summed E-state index contributed by atoms with van der Waals surface area (Å²) in [5.41, 5.74) is -0.630.